The number of para-hydroxylation sites is 3. The van der Waals surface area contributed by atoms with Gasteiger partial charge in [-0.05, 0) is 65.1 Å². The summed E-state index contributed by atoms with van der Waals surface area (Å²) in [5.74, 6) is 0.864. The first-order valence-electron chi connectivity index (χ1n) is 15.7. The number of aromatic hydroxyl groups is 1. The van der Waals surface area contributed by atoms with Crippen LogP contribution in [0.3, 0.4) is 0 Å². The van der Waals surface area contributed by atoms with Crippen LogP contribution in [0.5, 0.6) is 5.75 Å². The molecule has 0 aliphatic rings. The molecule has 1 N–H and O–H groups in total. The van der Waals surface area contributed by atoms with E-state index in [1.807, 2.05) is 42.6 Å². The van der Waals surface area contributed by atoms with Gasteiger partial charge in [0.1, 0.15) is 11.6 Å². The Balaban J connectivity index is 0.00000364. The number of fused-ring (bicyclic) bond motifs is 1. The summed E-state index contributed by atoms with van der Waals surface area (Å²) < 4.78 is 2.11. The van der Waals surface area contributed by atoms with Gasteiger partial charge in [-0.25, -0.2) is 4.98 Å². The van der Waals surface area contributed by atoms with Gasteiger partial charge >= 0.3 is 0 Å². The first-order valence-corrected chi connectivity index (χ1v) is 15.7. The van der Waals surface area contributed by atoms with Gasteiger partial charge in [0.2, 0.25) is 0 Å². The molecule has 0 aliphatic heterocycles. The van der Waals surface area contributed by atoms with E-state index < -0.39 is 0 Å². The van der Waals surface area contributed by atoms with Gasteiger partial charge in [0.25, 0.3) is 0 Å². The fourth-order valence-electron chi connectivity index (χ4n) is 6.29. The number of hydrogen-bond donors (Lipinski definition) is 1. The first-order chi connectivity index (χ1) is 23.2. The Kier molecular flexibility index (Phi) is 8.83. The average Bonchev–Trinajstić information content (AvgIpc) is 3.53. The van der Waals surface area contributed by atoms with Crippen molar-refractivity contribution in [2.45, 2.75) is 6.42 Å². The van der Waals surface area contributed by atoms with E-state index in [1.165, 1.54) is 16.7 Å². The summed E-state index contributed by atoms with van der Waals surface area (Å²) in [6.45, 7) is 0. The molecular weight excluding hydrogens is 770 g/mol. The van der Waals surface area contributed by atoms with Crippen molar-refractivity contribution < 1.29 is 26.2 Å². The van der Waals surface area contributed by atoms with Crippen LogP contribution >= 0.6 is 0 Å². The summed E-state index contributed by atoms with van der Waals surface area (Å²) in [4.78, 5) is 9.94. The van der Waals surface area contributed by atoms with Crippen molar-refractivity contribution >= 4 is 11.0 Å². The quantitative estimate of drug-likeness (QED) is 0.163. The van der Waals surface area contributed by atoms with Crippen molar-refractivity contribution in [2.24, 2.45) is 0 Å². The second-order valence-electron chi connectivity index (χ2n) is 11.5. The van der Waals surface area contributed by atoms with Crippen molar-refractivity contribution in [1.29, 1.82) is 0 Å². The van der Waals surface area contributed by atoms with Crippen LogP contribution in [0.2, 0.25) is 0 Å². The maximum atomic E-state index is 10.8. The smallest absolute Gasteiger partial charge is 0.148 e. The monoisotopic (exact) mass is 799 g/mol. The van der Waals surface area contributed by atoms with Gasteiger partial charge < -0.3 is 5.11 Å². The zero-order valence-corrected chi connectivity index (χ0v) is 28.2. The first kappa shape index (κ1) is 31.0. The van der Waals surface area contributed by atoms with Crippen LogP contribution in [-0.4, -0.2) is 19.6 Å². The average molecular weight is 800 g/mol. The van der Waals surface area contributed by atoms with Crippen LogP contribution in [0.25, 0.3) is 61.6 Å². The summed E-state index contributed by atoms with van der Waals surface area (Å²) in [5, 5.41) is 10.8. The number of nitrogens with zero attached hydrogens (tertiary/aromatic N) is 3. The zero-order valence-electron chi connectivity index (χ0n) is 25.9. The molecule has 0 unspecified atom stereocenters. The maximum absolute atomic E-state index is 10.8. The maximum Gasteiger partial charge on any atom is 0.148 e. The molecule has 0 spiro atoms. The molecule has 8 rings (SSSR count). The number of phenols is 1. The van der Waals surface area contributed by atoms with E-state index in [0.29, 0.717) is 11.4 Å². The molecule has 48 heavy (non-hydrogen) atoms. The Morgan fingerprint density at radius 3 is 2.08 bits per heavy atom. The molecule has 5 heteroatoms. The molecule has 2 aromatic heterocycles. The van der Waals surface area contributed by atoms with Crippen LogP contribution in [0.4, 0.5) is 0 Å². The third-order valence-electron chi connectivity index (χ3n) is 8.53. The standard InChI is InChI=1S/C43H30N3O.Pt/c47-41-24-10-9-21-38(41)43-45-42-37(22-12-23-40(42)46(43)35-18-5-2-6-19-35)32-16-11-17-34(28-32)39-29-33(25-26-44-39)36-20-8-7-15-31(36)27-30-13-3-1-4-14-30;/h1-26,29,47H,27H2;/q-1;. The molecule has 0 atom stereocenters. The molecule has 6 aromatic carbocycles. The number of pyridine rings is 1. The van der Waals surface area contributed by atoms with Crippen molar-refractivity contribution in [3.8, 4) is 56.3 Å². The number of rotatable bonds is 7. The van der Waals surface area contributed by atoms with Crippen LogP contribution in [0.15, 0.2) is 164 Å². The molecule has 8 aromatic rings. The Bertz CT molecular complexity index is 2350. The van der Waals surface area contributed by atoms with Crippen LogP contribution < -0.4 is 0 Å². The van der Waals surface area contributed by atoms with Crippen LogP contribution in [0.1, 0.15) is 11.1 Å². The summed E-state index contributed by atoms with van der Waals surface area (Å²) in [7, 11) is 0. The van der Waals surface area contributed by atoms with Crippen molar-refractivity contribution in [2.75, 3.05) is 0 Å². The molecule has 0 saturated carbocycles. The Labute approximate surface area is 294 Å². The van der Waals surface area contributed by atoms with Gasteiger partial charge in [-0.1, -0.05) is 114 Å². The summed E-state index contributed by atoms with van der Waals surface area (Å²) in [6, 6.07) is 56.9. The molecule has 2 heterocycles. The van der Waals surface area contributed by atoms with Gasteiger partial charge in [0.05, 0.1) is 16.6 Å². The number of imidazole rings is 1. The summed E-state index contributed by atoms with van der Waals surface area (Å²) in [6.07, 6.45) is 2.74. The molecular formula is C43H30N3OPt-. The van der Waals surface area contributed by atoms with Crippen LogP contribution in [-0.2, 0) is 27.5 Å². The van der Waals surface area contributed by atoms with Gasteiger partial charge in [-0.3, -0.25) is 9.55 Å². The Hall–Kier alpha value is -5.57. The largest absolute Gasteiger partial charge is 0.507 e. The minimum absolute atomic E-state index is 0. The minimum atomic E-state index is 0. The van der Waals surface area contributed by atoms with Crippen molar-refractivity contribution in [3.63, 3.8) is 0 Å². The molecule has 4 nitrogen and oxygen atoms in total. The van der Waals surface area contributed by atoms with Gasteiger partial charge in [-0.2, -0.15) is 0 Å². The van der Waals surface area contributed by atoms with E-state index in [1.54, 1.807) is 6.07 Å². The molecule has 0 bridgehead atoms. The number of benzene rings is 6. The minimum Gasteiger partial charge on any atom is -0.507 e. The van der Waals surface area contributed by atoms with E-state index in [-0.39, 0.29) is 26.8 Å². The molecule has 0 aliphatic carbocycles. The summed E-state index contributed by atoms with van der Waals surface area (Å²) >= 11 is 0. The summed E-state index contributed by atoms with van der Waals surface area (Å²) in [5.41, 5.74) is 11.9. The molecule has 0 radical (unpaired) electrons. The van der Waals surface area contributed by atoms with E-state index in [4.69, 9.17) is 9.97 Å². The Morgan fingerprint density at radius 2 is 1.27 bits per heavy atom. The fourth-order valence-corrected chi connectivity index (χ4v) is 6.29. The van der Waals surface area contributed by atoms with E-state index in [0.717, 1.165) is 51.1 Å². The van der Waals surface area contributed by atoms with Gasteiger partial charge in [0, 0.05) is 38.6 Å². The Morgan fingerprint density at radius 1 is 0.604 bits per heavy atom. The normalized spacial score (nSPS) is 10.9. The molecule has 0 saturated heterocycles. The topological polar surface area (TPSA) is 50.9 Å². The van der Waals surface area contributed by atoms with E-state index in [2.05, 4.69) is 126 Å². The van der Waals surface area contributed by atoms with E-state index in [9.17, 15) is 5.11 Å². The number of aromatic nitrogens is 3. The van der Waals surface area contributed by atoms with Crippen molar-refractivity contribution in [1.82, 2.24) is 14.5 Å². The second kappa shape index (κ2) is 13.7. The predicted molar refractivity (Wildman–Crippen MR) is 190 cm³/mol. The zero-order chi connectivity index (χ0) is 31.6. The third kappa shape index (κ3) is 5.99. The number of hydrogen-bond acceptors (Lipinski definition) is 3. The van der Waals surface area contributed by atoms with Crippen molar-refractivity contribution in [3.05, 3.63) is 181 Å². The predicted octanol–water partition coefficient (Wildman–Crippen LogP) is 10.2. The van der Waals surface area contributed by atoms with Gasteiger partial charge in [0.15, 0.2) is 0 Å². The SMILES string of the molecule is Oc1ccccc1-c1nc2c(-c3[c-]c(-c4cc(-c5ccccc5Cc5ccccc5)ccn4)ccc3)cccc2n1-c1ccccc1.[Pt]. The molecule has 0 amide bonds. The molecule has 234 valence electrons. The fraction of sp³-hybridized carbons (Fsp3) is 0.0233. The van der Waals surface area contributed by atoms with Crippen LogP contribution in [0, 0.1) is 6.07 Å². The number of phenolic OH excluding ortho intramolecular Hbond substituents is 1. The third-order valence-corrected chi connectivity index (χ3v) is 8.53. The second-order valence-corrected chi connectivity index (χ2v) is 11.5. The molecule has 0 fully saturated rings. The van der Waals surface area contributed by atoms with Gasteiger partial charge in [-0.15, -0.1) is 29.8 Å². The van der Waals surface area contributed by atoms with E-state index >= 15 is 0 Å².